The quantitative estimate of drug-likeness (QED) is 0.793. The van der Waals surface area contributed by atoms with Gasteiger partial charge in [0.2, 0.25) is 0 Å². The number of fused-ring (bicyclic) bond motifs is 3. The zero-order chi connectivity index (χ0) is 19.0. The molecule has 5 rings (SSSR count). The van der Waals surface area contributed by atoms with Crippen molar-refractivity contribution in [3.05, 3.63) is 46.8 Å². The van der Waals surface area contributed by atoms with Gasteiger partial charge in [-0.3, -0.25) is 14.5 Å². The van der Waals surface area contributed by atoms with Gasteiger partial charge in [0, 0.05) is 17.6 Å². The van der Waals surface area contributed by atoms with Crippen LogP contribution in [0.1, 0.15) is 46.7 Å². The summed E-state index contributed by atoms with van der Waals surface area (Å²) in [5.41, 5.74) is 0.653. The molecule has 27 heavy (non-hydrogen) atoms. The molecule has 3 fully saturated rings. The van der Waals surface area contributed by atoms with Crippen molar-refractivity contribution in [3.8, 4) is 10.8 Å². The van der Waals surface area contributed by atoms with E-state index in [0.717, 1.165) is 13.1 Å². The molecule has 5 nitrogen and oxygen atoms in total. The predicted octanol–water partition coefficient (Wildman–Crippen LogP) is 3.96. The molecule has 1 N–H and O–H groups in total. The molecule has 0 radical (unpaired) electrons. The standard InChI is InChI=1S/C21H24N2O3S/c1-13-20(16-9-11-23(13)12-10-16)22-21(25)18-7-8-19(27-18)26-17-5-3-15(4-6-17)14(2)24/h3-8,13,16,20H,9-12H2,1-2H3,(H,22,25). The van der Waals surface area contributed by atoms with Crippen LogP contribution in [0.4, 0.5) is 0 Å². The highest BCUT2D eigenvalue weighted by molar-refractivity contribution is 7.15. The lowest BCUT2D eigenvalue weighted by Crippen LogP contribution is -2.62. The Hall–Kier alpha value is -2.18. The predicted molar refractivity (Wildman–Crippen MR) is 106 cm³/mol. The van der Waals surface area contributed by atoms with Gasteiger partial charge in [-0.25, -0.2) is 0 Å². The molecule has 4 heterocycles. The van der Waals surface area contributed by atoms with Crippen LogP contribution in [0.5, 0.6) is 10.8 Å². The van der Waals surface area contributed by atoms with Crippen LogP contribution in [0.25, 0.3) is 0 Å². The third-order valence-electron chi connectivity index (χ3n) is 5.76. The van der Waals surface area contributed by atoms with Gasteiger partial charge in [-0.05, 0) is 82.1 Å². The Labute approximate surface area is 163 Å². The van der Waals surface area contributed by atoms with Gasteiger partial charge in [-0.15, -0.1) is 0 Å². The number of Topliss-reactive ketones (excluding diaryl/α,β-unsaturated/α-hetero) is 1. The number of nitrogens with one attached hydrogen (secondary N) is 1. The van der Waals surface area contributed by atoms with Crippen molar-refractivity contribution < 1.29 is 14.3 Å². The van der Waals surface area contributed by atoms with Crippen LogP contribution in [0.3, 0.4) is 0 Å². The smallest absolute Gasteiger partial charge is 0.261 e. The van der Waals surface area contributed by atoms with Crippen LogP contribution in [0.15, 0.2) is 36.4 Å². The second kappa shape index (κ2) is 7.44. The summed E-state index contributed by atoms with van der Waals surface area (Å²) in [6.07, 6.45) is 2.34. The second-order valence-electron chi connectivity index (χ2n) is 7.41. The van der Waals surface area contributed by atoms with E-state index in [2.05, 4.69) is 17.1 Å². The highest BCUT2D eigenvalue weighted by Crippen LogP contribution is 2.33. The summed E-state index contributed by atoms with van der Waals surface area (Å²) in [6, 6.07) is 11.3. The molecular formula is C21H24N2O3S. The van der Waals surface area contributed by atoms with Crippen LogP contribution in [-0.2, 0) is 0 Å². The van der Waals surface area contributed by atoms with Gasteiger partial charge in [0.05, 0.1) is 4.88 Å². The van der Waals surface area contributed by atoms with Crippen molar-refractivity contribution in [2.45, 2.75) is 38.8 Å². The van der Waals surface area contributed by atoms with Gasteiger partial charge in [-0.2, -0.15) is 0 Å². The maximum Gasteiger partial charge on any atom is 0.261 e. The summed E-state index contributed by atoms with van der Waals surface area (Å²) in [4.78, 5) is 27.2. The molecule has 1 aromatic carbocycles. The summed E-state index contributed by atoms with van der Waals surface area (Å²) in [7, 11) is 0. The maximum atomic E-state index is 12.7. The highest BCUT2D eigenvalue weighted by atomic mass is 32.1. The van der Waals surface area contributed by atoms with E-state index < -0.39 is 0 Å². The van der Waals surface area contributed by atoms with E-state index in [9.17, 15) is 9.59 Å². The van der Waals surface area contributed by atoms with Gasteiger partial charge < -0.3 is 10.1 Å². The molecule has 3 saturated heterocycles. The van der Waals surface area contributed by atoms with Crippen LogP contribution >= 0.6 is 11.3 Å². The number of piperidine rings is 3. The van der Waals surface area contributed by atoms with Crippen LogP contribution < -0.4 is 10.1 Å². The number of amides is 1. The Kier molecular flexibility index (Phi) is 5.02. The molecule has 2 atom stereocenters. The molecule has 0 saturated carbocycles. The van der Waals surface area contributed by atoms with Gasteiger partial charge in [0.1, 0.15) is 5.75 Å². The third kappa shape index (κ3) is 3.77. The highest BCUT2D eigenvalue weighted by Gasteiger charge is 2.40. The fourth-order valence-corrected chi connectivity index (χ4v) is 4.92. The SMILES string of the molecule is CC(=O)c1ccc(Oc2ccc(C(=O)NC3C4CCN(CC4)C3C)s2)cc1. The number of benzene rings is 1. The number of thiophene rings is 1. The van der Waals surface area contributed by atoms with Crippen LogP contribution in [0.2, 0.25) is 0 Å². The summed E-state index contributed by atoms with van der Waals surface area (Å²) in [5.74, 6) is 1.25. The number of carbonyl (C=O) groups is 2. The van der Waals surface area contributed by atoms with Crippen LogP contribution in [0, 0.1) is 5.92 Å². The number of ketones is 1. The average Bonchev–Trinajstić information content (AvgIpc) is 3.14. The molecule has 0 aliphatic carbocycles. The lowest BCUT2D eigenvalue weighted by atomic mass is 9.79. The Morgan fingerprint density at radius 1 is 1.11 bits per heavy atom. The normalized spacial score (nSPS) is 26.6. The topological polar surface area (TPSA) is 58.6 Å². The number of rotatable bonds is 5. The summed E-state index contributed by atoms with van der Waals surface area (Å²) in [5, 5.41) is 3.91. The van der Waals surface area contributed by atoms with E-state index in [1.807, 2.05) is 12.1 Å². The summed E-state index contributed by atoms with van der Waals surface area (Å²) < 4.78 is 5.82. The Bertz CT molecular complexity index is 835. The van der Waals surface area contributed by atoms with Gasteiger partial charge in [0.15, 0.2) is 10.8 Å². The molecule has 6 heteroatoms. The van der Waals surface area contributed by atoms with E-state index in [-0.39, 0.29) is 17.7 Å². The average molecular weight is 385 g/mol. The van der Waals surface area contributed by atoms with E-state index in [4.69, 9.17) is 4.74 Å². The lowest BCUT2D eigenvalue weighted by Gasteiger charge is -2.49. The van der Waals surface area contributed by atoms with E-state index in [0.29, 0.717) is 33.2 Å². The minimum atomic E-state index is -0.0209. The first-order valence-electron chi connectivity index (χ1n) is 9.45. The molecule has 0 spiro atoms. The van der Waals surface area contributed by atoms with Gasteiger partial charge in [0.25, 0.3) is 5.91 Å². The molecule has 3 aliphatic rings. The number of nitrogens with zero attached hydrogens (tertiary/aromatic N) is 1. The molecular weight excluding hydrogens is 360 g/mol. The molecule has 142 valence electrons. The van der Waals surface area contributed by atoms with Crippen molar-refractivity contribution in [1.29, 1.82) is 0 Å². The molecule has 3 aliphatic heterocycles. The Morgan fingerprint density at radius 3 is 2.44 bits per heavy atom. The fraction of sp³-hybridized carbons (Fsp3) is 0.429. The summed E-state index contributed by atoms with van der Waals surface area (Å²) in [6.45, 7) is 6.05. The number of ether oxygens (including phenoxy) is 1. The van der Waals surface area contributed by atoms with Crippen molar-refractivity contribution in [1.82, 2.24) is 10.2 Å². The largest absolute Gasteiger partial charge is 0.447 e. The monoisotopic (exact) mass is 384 g/mol. The van der Waals surface area contributed by atoms with E-state index in [1.54, 1.807) is 24.3 Å². The summed E-state index contributed by atoms with van der Waals surface area (Å²) >= 11 is 1.34. The van der Waals surface area contributed by atoms with Gasteiger partial charge >= 0.3 is 0 Å². The van der Waals surface area contributed by atoms with Crippen molar-refractivity contribution in [2.24, 2.45) is 5.92 Å². The van der Waals surface area contributed by atoms with Crippen molar-refractivity contribution in [3.63, 3.8) is 0 Å². The zero-order valence-electron chi connectivity index (χ0n) is 15.6. The zero-order valence-corrected chi connectivity index (χ0v) is 16.4. The first-order valence-corrected chi connectivity index (χ1v) is 10.3. The first-order chi connectivity index (χ1) is 13.0. The minimum absolute atomic E-state index is 0.0209. The van der Waals surface area contributed by atoms with E-state index >= 15 is 0 Å². The Balaban J connectivity index is 1.40. The Morgan fingerprint density at radius 2 is 1.81 bits per heavy atom. The first kappa shape index (κ1) is 18.2. The van der Waals surface area contributed by atoms with E-state index in [1.165, 1.54) is 31.1 Å². The second-order valence-corrected chi connectivity index (χ2v) is 8.46. The minimum Gasteiger partial charge on any atom is -0.447 e. The maximum absolute atomic E-state index is 12.7. The molecule has 1 amide bonds. The number of hydrogen-bond donors (Lipinski definition) is 1. The molecule has 1 aromatic heterocycles. The third-order valence-corrected chi connectivity index (χ3v) is 6.72. The molecule has 2 bridgehead atoms. The van der Waals surface area contributed by atoms with Crippen molar-refractivity contribution in [2.75, 3.05) is 13.1 Å². The van der Waals surface area contributed by atoms with Gasteiger partial charge in [-0.1, -0.05) is 11.3 Å². The number of carbonyl (C=O) groups excluding carboxylic acids is 2. The van der Waals surface area contributed by atoms with Crippen molar-refractivity contribution >= 4 is 23.0 Å². The van der Waals surface area contributed by atoms with Crippen LogP contribution in [-0.4, -0.2) is 41.8 Å². The molecule has 2 aromatic rings. The fourth-order valence-electron chi connectivity index (χ4n) is 4.14. The number of hydrogen-bond acceptors (Lipinski definition) is 5. The molecule has 2 unspecified atom stereocenters. The lowest BCUT2D eigenvalue weighted by molar-refractivity contribution is 0.0218.